The van der Waals surface area contributed by atoms with Crippen molar-refractivity contribution in [3.05, 3.63) is 67.4 Å². The molecule has 2 heterocycles. The minimum Gasteiger partial charge on any atom is -0.496 e. The topological polar surface area (TPSA) is 60.4 Å². The number of methoxy groups -OCH3 is 1. The van der Waals surface area contributed by atoms with Crippen LogP contribution < -0.4 is 14.4 Å². The third-order valence-electron chi connectivity index (χ3n) is 3.80. The van der Waals surface area contributed by atoms with Crippen LogP contribution in [0.5, 0.6) is 17.4 Å². The van der Waals surface area contributed by atoms with Crippen molar-refractivity contribution in [2.45, 2.75) is 0 Å². The molecule has 0 radical (unpaired) electrons. The quantitative estimate of drug-likeness (QED) is 0.587. The number of hydrogen-bond donors (Lipinski definition) is 0. The Morgan fingerprint density at radius 2 is 1.93 bits per heavy atom. The summed E-state index contributed by atoms with van der Waals surface area (Å²) in [5.41, 5.74) is 1.34. The Kier molecular flexibility index (Phi) is 5.61. The van der Waals surface area contributed by atoms with E-state index in [9.17, 15) is 4.39 Å². The SMILES string of the molecule is C=CCN(C)c1ncc(Oc2ncccc2-c2ccc(F)cc2OC)cn1. The molecule has 0 aliphatic heterocycles. The van der Waals surface area contributed by atoms with Crippen molar-refractivity contribution >= 4 is 5.95 Å². The second-order valence-electron chi connectivity index (χ2n) is 5.69. The molecule has 0 aliphatic carbocycles. The van der Waals surface area contributed by atoms with Crippen molar-refractivity contribution in [3.63, 3.8) is 0 Å². The predicted octanol–water partition coefficient (Wildman–Crippen LogP) is 4.10. The van der Waals surface area contributed by atoms with Crippen LogP contribution in [0, 0.1) is 5.82 Å². The molecule has 6 nitrogen and oxygen atoms in total. The normalized spacial score (nSPS) is 10.3. The smallest absolute Gasteiger partial charge is 0.227 e. The Labute approximate surface area is 156 Å². The summed E-state index contributed by atoms with van der Waals surface area (Å²) < 4.78 is 24.7. The number of likely N-dealkylation sites (N-methyl/N-ethyl adjacent to an activating group) is 1. The van der Waals surface area contributed by atoms with Gasteiger partial charge in [-0.3, -0.25) is 0 Å². The molecule has 27 heavy (non-hydrogen) atoms. The molecular formula is C20H19FN4O2. The second kappa shape index (κ2) is 8.27. The largest absolute Gasteiger partial charge is 0.496 e. The number of rotatable bonds is 7. The summed E-state index contributed by atoms with van der Waals surface area (Å²) in [7, 11) is 3.36. The van der Waals surface area contributed by atoms with Crippen LogP contribution in [0.4, 0.5) is 10.3 Å². The highest BCUT2D eigenvalue weighted by Crippen LogP contribution is 2.37. The van der Waals surface area contributed by atoms with Gasteiger partial charge in [-0.2, -0.15) is 0 Å². The maximum atomic E-state index is 13.5. The van der Waals surface area contributed by atoms with Crippen molar-refractivity contribution in [2.75, 3.05) is 25.6 Å². The first-order valence-corrected chi connectivity index (χ1v) is 8.23. The van der Waals surface area contributed by atoms with E-state index in [4.69, 9.17) is 9.47 Å². The fourth-order valence-corrected chi connectivity index (χ4v) is 2.51. The van der Waals surface area contributed by atoms with Crippen LogP contribution in [0.1, 0.15) is 0 Å². The van der Waals surface area contributed by atoms with Crippen LogP contribution >= 0.6 is 0 Å². The van der Waals surface area contributed by atoms with Gasteiger partial charge in [0.2, 0.25) is 11.8 Å². The van der Waals surface area contributed by atoms with Gasteiger partial charge in [0.25, 0.3) is 0 Å². The molecule has 7 heteroatoms. The Hall–Kier alpha value is -3.48. The van der Waals surface area contributed by atoms with E-state index in [0.29, 0.717) is 41.0 Å². The molecule has 138 valence electrons. The summed E-state index contributed by atoms with van der Waals surface area (Å²) in [6, 6.07) is 7.91. The Morgan fingerprint density at radius 3 is 2.63 bits per heavy atom. The van der Waals surface area contributed by atoms with Crippen LogP contribution in [-0.4, -0.2) is 35.7 Å². The zero-order valence-corrected chi connectivity index (χ0v) is 15.1. The molecule has 0 saturated carbocycles. The Balaban J connectivity index is 1.90. The van der Waals surface area contributed by atoms with E-state index >= 15 is 0 Å². The Bertz CT molecular complexity index is 932. The second-order valence-corrected chi connectivity index (χ2v) is 5.69. The van der Waals surface area contributed by atoms with Gasteiger partial charge in [-0.25, -0.2) is 19.3 Å². The first-order chi connectivity index (χ1) is 13.1. The van der Waals surface area contributed by atoms with Gasteiger partial charge in [0.05, 0.1) is 19.5 Å². The number of aromatic nitrogens is 3. The summed E-state index contributed by atoms with van der Waals surface area (Å²) in [6.45, 7) is 4.33. The van der Waals surface area contributed by atoms with Gasteiger partial charge < -0.3 is 14.4 Å². The van der Waals surface area contributed by atoms with Crippen LogP contribution in [0.2, 0.25) is 0 Å². The van der Waals surface area contributed by atoms with Gasteiger partial charge in [0.15, 0.2) is 5.75 Å². The van der Waals surface area contributed by atoms with Gasteiger partial charge in [-0.15, -0.1) is 6.58 Å². The fraction of sp³-hybridized carbons (Fsp3) is 0.150. The predicted molar refractivity (Wildman–Crippen MR) is 102 cm³/mol. The zero-order valence-electron chi connectivity index (χ0n) is 15.1. The Morgan fingerprint density at radius 1 is 1.15 bits per heavy atom. The lowest BCUT2D eigenvalue weighted by Gasteiger charge is -2.15. The third kappa shape index (κ3) is 4.20. The van der Waals surface area contributed by atoms with E-state index < -0.39 is 0 Å². The van der Waals surface area contributed by atoms with Crippen LogP contribution in [0.25, 0.3) is 11.1 Å². The first kappa shape index (κ1) is 18.3. The molecule has 3 aromatic rings. The number of benzene rings is 1. The van der Waals surface area contributed by atoms with Gasteiger partial charge in [-0.1, -0.05) is 6.08 Å². The van der Waals surface area contributed by atoms with Crippen LogP contribution in [-0.2, 0) is 0 Å². The van der Waals surface area contributed by atoms with Crippen molar-refractivity contribution < 1.29 is 13.9 Å². The van der Waals surface area contributed by atoms with Gasteiger partial charge in [-0.05, 0) is 24.3 Å². The molecule has 2 aromatic heterocycles. The molecule has 0 atom stereocenters. The number of hydrogen-bond acceptors (Lipinski definition) is 6. The van der Waals surface area contributed by atoms with Crippen molar-refractivity contribution in [2.24, 2.45) is 0 Å². The summed E-state index contributed by atoms with van der Waals surface area (Å²) in [5, 5.41) is 0. The van der Waals surface area contributed by atoms with E-state index in [0.717, 1.165) is 0 Å². The van der Waals surface area contributed by atoms with Gasteiger partial charge in [0.1, 0.15) is 11.6 Å². The standard InChI is InChI=1S/C20H19FN4O2/c1-4-10-25(2)20-23-12-15(13-24-20)27-19-17(6-5-9-22-19)16-8-7-14(21)11-18(16)26-3/h4-9,11-13H,1,10H2,2-3H3. The molecule has 0 saturated heterocycles. The molecule has 0 spiro atoms. The number of ether oxygens (including phenoxy) is 2. The van der Waals surface area contributed by atoms with Crippen LogP contribution in [0.3, 0.4) is 0 Å². The summed E-state index contributed by atoms with van der Waals surface area (Å²) >= 11 is 0. The lowest BCUT2D eigenvalue weighted by molar-refractivity contribution is 0.412. The monoisotopic (exact) mass is 366 g/mol. The van der Waals surface area contributed by atoms with Crippen molar-refractivity contribution in [1.82, 2.24) is 15.0 Å². The first-order valence-electron chi connectivity index (χ1n) is 8.23. The molecule has 0 amide bonds. The fourth-order valence-electron chi connectivity index (χ4n) is 2.51. The summed E-state index contributed by atoms with van der Waals surface area (Å²) in [5.74, 6) is 1.36. The van der Waals surface area contributed by atoms with E-state index in [1.165, 1.54) is 19.2 Å². The van der Waals surface area contributed by atoms with E-state index in [2.05, 4.69) is 21.5 Å². The lowest BCUT2D eigenvalue weighted by Crippen LogP contribution is -2.19. The van der Waals surface area contributed by atoms with E-state index in [1.54, 1.807) is 36.8 Å². The number of halogens is 1. The molecule has 0 bridgehead atoms. The lowest BCUT2D eigenvalue weighted by atomic mass is 10.1. The average molecular weight is 366 g/mol. The minimum atomic E-state index is -0.380. The van der Waals surface area contributed by atoms with Gasteiger partial charge in [0, 0.05) is 37.0 Å². The molecule has 0 fully saturated rings. The van der Waals surface area contributed by atoms with Crippen LogP contribution in [0.15, 0.2) is 61.6 Å². The maximum absolute atomic E-state index is 13.5. The van der Waals surface area contributed by atoms with E-state index in [-0.39, 0.29) is 5.82 Å². The summed E-state index contributed by atoms with van der Waals surface area (Å²) in [4.78, 5) is 14.7. The molecule has 0 aliphatic rings. The minimum absolute atomic E-state index is 0.346. The maximum Gasteiger partial charge on any atom is 0.227 e. The molecular weight excluding hydrogens is 347 g/mol. The highest BCUT2D eigenvalue weighted by Gasteiger charge is 2.14. The third-order valence-corrected chi connectivity index (χ3v) is 3.80. The number of pyridine rings is 1. The highest BCUT2D eigenvalue weighted by atomic mass is 19.1. The van der Waals surface area contributed by atoms with Gasteiger partial charge >= 0.3 is 0 Å². The number of anilines is 1. The van der Waals surface area contributed by atoms with Crippen molar-refractivity contribution in [1.29, 1.82) is 0 Å². The molecule has 0 N–H and O–H groups in total. The molecule has 1 aromatic carbocycles. The zero-order chi connectivity index (χ0) is 19.2. The molecule has 0 unspecified atom stereocenters. The molecule has 3 rings (SSSR count). The van der Waals surface area contributed by atoms with Crippen molar-refractivity contribution in [3.8, 4) is 28.5 Å². The summed E-state index contributed by atoms with van der Waals surface area (Å²) in [6.07, 6.45) is 6.52. The van der Waals surface area contributed by atoms with E-state index in [1.807, 2.05) is 18.0 Å². The highest BCUT2D eigenvalue weighted by molar-refractivity contribution is 5.74. The number of nitrogens with zero attached hydrogens (tertiary/aromatic N) is 4. The average Bonchev–Trinajstić information content (AvgIpc) is 2.69.